The van der Waals surface area contributed by atoms with Gasteiger partial charge in [0.1, 0.15) is 5.82 Å². The number of halogens is 1. The van der Waals surface area contributed by atoms with Crippen LogP contribution in [0.25, 0.3) is 0 Å². The number of fused-ring (bicyclic) bond motifs is 1. The standard InChI is InChI=1S/C23H24FN3O2/c24-18-9-7-16(8-10-18)15-27-21-6-2-1-5-19(21)20(23(27)29)12-22(28)26-14-17-4-3-11-25-13-17/h3-4,7-11,13,21H,1-2,5-6,12,14-15H2,(H,26,28). The Morgan fingerprint density at radius 3 is 2.76 bits per heavy atom. The fraction of sp³-hybridized carbons (Fsp3) is 0.348. The SMILES string of the molecule is O=C(CC1=C2CCCCC2N(Cc2ccc(F)cc2)C1=O)NCc1cccnc1. The molecular formula is C23H24FN3O2. The predicted octanol–water partition coefficient (Wildman–Crippen LogP) is 3.51. The summed E-state index contributed by atoms with van der Waals surface area (Å²) in [6.07, 6.45) is 7.40. The summed E-state index contributed by atoms with van der Waals surface area (Å²) >= 11 is 0. The van der Waals surface area contributed by atoms with Crippen LogP contribution >= 0.6 is 0 Å². The van der Waals surface area contributed by atoms with Crippen molar-refractivity contribution in [1.82, 2.24) is 15.2 Å². The molecule has 2 heterocycles. The molecular weight excluding hydrogens is 369 g/mol. The van der Waals surface area contributed by atoms with Gasteiger partial charge in [-0.25, -0.2) is 4.39 Å². The number of carbonyl (C=O) groups is 2. The van der Waals surface area contributed by atoms with E-state index >= 15 is 0 Å². The van der Waals surface area contributed by atoms with Gasteiger partial charge in [-0.3, -0.25) is 14.6 Å². The van der Waals surface area contributed by atoms with Crippen molar-refractivity contribution in [2.45, 2.75) is 51.2 Å². The van der Waals surface area contributed by atoms with Gasteiger partial charge in [-0.1, -0.05) is 24.6 Å². The fourth-order valence-electron chi connectivity index (χ4n) is 4.23. The van der Waals surface area contributed by atoms with Crippen LogP contribution < -0.4 is 5.32 Å². The first-order valence-electron chi connectivity index (χ1n) is 10.0. The maximum Gasteiger partial charge on any atom is 0.251 e. The number of nitrogens with zero attached hydrogens (tertiary/aromatic N) is 2. The van der Waals surface area contributed by atoms with Crippen LogP contribution in [0.2, 0.25) is 0 Å². The third-order valence-electron chi connectivity index (χ3n) is 5.67. The van der Waals surface area contributed by atoms with E-state index in [2.05, 4.69) is 10.3 Å². The van der Waals surface area contributed by atoms with Gasteiger partial charge in [0.2, 0.25) is 5.91 Å². The van der Waals surface area contributed by atoms with Crippen LogP contribution in [-0.2, 0) is 22.7 Å². The van der Waals surface area contributed by atoms with Crippen molar-refractivity contribution in [1.29, 1.82) is 0 Å². The molecule has 150 valence electrons. The maximum absolute atomic E-state index is 13.2. The molecule has 2 aromatic rings. The molecule has 1 fully saturated rings. The van der Waals surface area contributed by atoms with Gasteiger partial charge >= 0.3 is 0 Å². The van der Waals surface area contributed by atoms with Crippen LogP contribution in [-0.4, -0.2) is 27.7 Å². The van der Waals surface area contributed by atoms with E-state index in [1.165, 1.54) is 12.1 Å². The average Bonchev–Trinajstić information content (AvgIpc) is 3.00. The molecule has 0 bridgehead atoms. The van der Waals surface area contributed by atoms with E-state index in [-0.39, 0.29) is 30.1 Å². The molecule has 2 aliphatic rings. The quantitative estimate of drug-likeness (QED) is 0.817. The van der Waals surface area contributed by atoms with Gasteiger partial charge in [0, 0.05) is 31.1 Å². The van der Waals surface area contributed by atoms with E-state index in [1.54, 1.807) is 24.5 Å². The van der Waals surface area contributed by atoms with Crippen molar-refractivity contribution in [3.8, 4) is 0 Å². The predicted molar refractivity (Wildman–Crippen MR) is 107 cm³/mol. The van der Waals surface area contributed by atoms with Crippen molar-refractivity contribution >= 4 is 11.8 Å². The lowest BCUT2D eigenvalue weighted by Gasteiger charge is -2.30. The third-order valence-corrected chi connectivity index (χ3v) is 5.67. The molecule has 1 atom stereocenters. The van der Waals surface area contributed by atoms with Crippen LogP contribution in [0.4, 0.5) is 4.39 Å². The Labute approximate surface area is 169 Å². The molecule has 1 aromatic carbocycles. The number of carbonyl (C=O) groups excluding carboxylic acids is 2. The van der Waals surface area contributed by atoms with Crippen molar-refractivity contribution in [3.63, 3.8) is 0 Å². The molecule has 1 unspecified atom stereocenters. The van der Waals surface area contributed by atoms with Crippen LogP contribution in [0.5, 0.6) is 0 Å². The summed E-state index contributed by atoms with van der Waals surface area (Å²) in [7, 11) is 0. The lowest BCUT2D eigenvalue weighted by molar-refractivity contribution is -0.129. The largest absolute Gasteiger partial charge is 0.352 e. The normalized spacial score (nSPS) is 18.7. The molecule has 1 saturated carbocycles. The molecule has 6 heteroatoms. The number of hydrogen-bond donors (Lipinski definition) is 1. The number of amides is 2. The van der Waals surface area contributed by atoms with Crippen LogP contribution in [0.1, 0.15) is 43.2 Å². The van der Waals surface area contributed by atoms with Gasteiger partial charge in [0.05, 0.1) is 12.5 Å². The van der Waals surface area contributed by atoms with E-state index in [9.17, 15) is 14.0 Å². The van der Waals surface area contributed by atoms with Gasteiger partial charge in [-0.15, -0.1) is 0 Å². The first-order valence-corrected chi connectivity index (χ1v) is 10.0. The van der Waals surface area contributed by atoms with E-state index in [1.807, 2.05) is 17.0 Å². The molecule has 29 heavy (non-hydrogen) atoms. The third kappa shape index (κ3) is 4.36. The number of benzene rings is 1. The Morgan fingerprint density at radius 2 is 2.00 bits per heavy atom. The van der Waals surface area contributed by atoms with Crippen molar-refractivity contribution < 1.29 is 14.0 Å². The first kappa shape index (κ1) is 19.3. The number of pyridine rings is 1. The van der Waals surface area contributed by atoms with Gasteiger partial charge < -0.3 is 10.2 Å². The van der Waals surface area contributed by atoms with E-state index in [0.29, 0.717) is 18.7 Å². The molecule has 2 amide bonds. The summed E-state index contributed by atoms with van der Waals surface area (Å²) in [6.45, 7) is 0.834. The van der Waals surface area contributed by atoms with Crippen molar-refractivity contribution in [2.75, 3.05) is 0 Å². The Bertz CT molecular complexity index is 925. The number of nitrogens with one attached hydrogen (secondary N) is 1. The lowest BCUT2D eigenvalue weighted by Crippen LogP contribution is -2.36. The molecule has 0 radical (unpaired) electrons. The number of aromatic nitrogens is 1. The Hall–Kier alpha value is -3.02. The molecule has 4 rings (SSSR count). The van der Waals surface area contributed by atoms with Crippen molar-refractivity contribution in [2.24, 2.45) is 0 Å². The van der Waals surface area contributed by atoms with E-state index < -0.39 is 0 Å². The maximum atomic E-state index is 13.2. The summed E-state index contributed by atoms with van der Waals surface area (Å²) in [6, 6.07) is 10.0. The topological polar surface area (TPSA) is 62.3 Å². The molecule has 1 N–H and O–H groups in total. The zero-order valence-corrected chi connectivity index (χ0v) is 16.2. The Balaban J connectivity index is 1.45. The second kappa shape index (κ2) is 8.55. The summed E-state index contributed by atoms with van der Waals surface area (Å²) < 4.78 is 13.2. The second-order valence-corrected chi connectivity index (χ2v) is 7.64. The zero-order chi connectivity index (χ0) is 20.2. The summed E-state index contributed by atoms with van der Waals surface area (Å²) in [5.74, 6) is -0.505. The molecule has 5 nitrogen and oxygen atoms in total. The van der Waals surface area contributed by atoms with Gasteiger partial charge in [0.25, 0.3) is 5.91 Å². The minimum absolute atomic E-state index is 0.0578. The lowest BCUT2D eigenvalue weighted by atomic mass is 9.88. The van der Waals surface area contributed by atoms with Crippen LogP contribution in [0.15, 0.2) is 59.9 Å². The molecule has 1 aromatic heterocycles. The highest BCUT2D eigenvalue weighted by Gasteiger charge is 2.40. The minimum atomic E-state index is -0.288. The smallest absolute Gasteiger partial charge is 0.251 e. The number of rotatable bonds is 6. The zero-order valence-electron chi connectivity index (χ0n) is 16.2. The highest BCUT2D eigenvalue weighted by atomic mass is 19.1. The fourth-order valence-corrected chi connectivity index (χ4v) is 4.23. The average molecular weight is 393 g/mol. The number of hydrogen-bond acceptors (Lipinski definition) is 3. The second-order valence-electron chi connectivity index (χ2n) is 7.64. The van der Waals surface area contributed by atoms with Gasteiger partial charge in [-0.2, -0.15) is 0 Å². The molecule has 0 spiro atoms. The van der Waals surface area contributed by atoms with E-state index in [0.717, 1.165) is 42.4 Å². The Kier molecular flexibility index (Phi) is 5.69. The summed E-state index contributed by atoms with van der Waals surface area (Å²) in [5.41, 5.74) is 3.57. The highest BCUT2D eigenvalue weighted by Crippen LogP contribution is 2.38. The van der Waals surface area contributed by atoms with Gasteiger partial charge in [0.15, 0.2) is 0 Å². The van der Waals surface area contributed by atoms with E-state index in [4.69, 9.17) is 0 Å². The van der Waals surface area contributed by atoms with Crippen LogP contribution in [0.3, 0.4) is 0 Å². The molecule has 1 aliphatic heterocycles. The van der Waals surface area contributed by atoms with Crippen molar-refractivity contribution in [3.05, 3.63) is 76.9 Å². The first-order chi connectivity index (χ1) is 14.1. The minimum Gasteiger partial charge on any atom is -0.352 e. The summed E-state index contributed by atoms with van der Waals surface area (Å²) in [4.78, 5) is 31.6. The Morgan fingerprint density at radius 1 is 1.17 bits per heavy atom. The molecule has 1 aliphatic carbocycles. The summed E-state index contributed by atoms with van der Waals surface area (Å²) in [5, 5.41) is 2.89. The van der Waals surface area contributed by atoms with Gasteiger partial charge in [-0.05, 0) is 54.2 Å². The monoisotopic (exact) mass is 393 g/mol. The van der Waals surface area contributed by atoms with Crippen LogP contribution in [0, 0.1) is 5.82 Å². The molecule has 0 saturated heterocycles. The highest BCUT2D eigenvalue weighted by molar-refractivity contribution is 6.02.